The van der Waals surface area contributed by atoms with E-state index in [9.17, 15) is 22.8 Å². The number of ether oxygens (including phenoxy) is 1. The summed E-state index contributed by atoms with van der Waals surface area (Å²) in [6.07, 6.45) is -3.54. The lowest BCUT2D eigenvalue weighted by Crippen LogP contribution is -2.39. The average Bonchev–Trinajstić information content (AvgIpc) is 3.03. The van der Waals surface area contributed by atoms with Crippen LogP contribution >= 0.6 is 0 Å². The number of carbonyl (C=O) groups excluding carboxylic acids is 1. The summed E-state index contributed by atoms with van der Waals surface area (Å²) in [5.74, 6) is -1.33. The van der Waals surface area contributed by atoms with Crippen LogP contribution in [0.3, 0.4) is 0 Å². The molecular weight excluding hydrogens is 341 g/mol. The van der Waals surface area contributed by atoms with Crippen LogP contribution in [0.2, 0.25) is 0 Å². The van der Waals surface area contributed by atoms with Crippen molar-refractivity contribution in [1.29, 1.82) is 0 Å². The summed E-state index contributed by atoms with van der Waals surface area (Å²) >= 11 is 0. The van der Waals surface area contributed by atoms with E-state index in [1.54, 1.807) is 12.1 Å². The number of amides is 2. The van der Waals surface area contributed by atoms with Crippen molar-refractivity contribution in [3.63, 3.8) is 0 Å². The molecule has 1 heterocycles. The van der Waals surface area contributed by atoms with Crippen LogP contribution < -0.4 is 10.1 Å². The number of nitrogens with one attached hydrogen (secondary N) is 1. The maximum Gasteiger partial charge on any atom is 0.422 e. The first-order chi connectivity index (χ1) is 11.7. The zero-order valence-corrected chi connectivity index (χ0v) is 13.4. The molecule has 9 heteroatoms. The van der Waals surface area contributed by atoms with Crippen LogP contribution in [0.1, 0.15) is 12.0 Å². The van der Waals surface area contributed by atoms with Crippen molar-refractivity contribution >= 4 is 12.0 Å². The Balaban J connectivity index is 1.76. The van der Waals surface area contributed by atoms with Gasteiger partial charge in [0.15, 0.2) is 6.61 Å². The van der Waals surface area contributed by atoms with Crippen LogP contribution in [0.15, 0.2) is 24.3 Å². The van der Waals surface area contributed by atoms with Gasteiger partial charge in [0.25, 0.3) is 0 Å². The largest absolute Gasteiger partial charge is 0.484 e. The van der Waals surface area contributed by atoms with Gasteiger partial charge in [-0.3, -0.25) is 4.79 Å². The van der Waals surface area contributed by atoms with Gasteiger partial charge in [-0.2, -0.15) is 13.2 Å². The number of urea groups is 1. The molecule has 0 radical (unpaired) electrons. The molecule has 0 spiro atoms. The molecule has 2 N–H and O–H groups in total. The first-order valence-corrected chi connectivity index (χ1v) is 7.78. The number of carboxylic acid groups (broad SMARTS) is 1. The Morgan fingerprint density at radius 3 is 2.76 bits per heavy atom. The number of benzene rings is 1. The zero-order chi connectivity index (χ0) is 18.4. The highest BCUT2D eigenvalue weighted by Gasteiger charge is 2.30. The van der Waals surface area contributed by atoms with Crippen LogP contribution in [0.25, 0.3) is 0 Å². The predicted molar refractivity (Wildman–Crippen MR) is 82.4 cm³/mol. The number of hydrogen-bond donors (Lipinski definition) is 2. The van der Waals surface area contributed by atoms with E-state index in [4.69, 9.17) is 5.11 Å². The SMILES string of the molecule is O=C(O)C1CCN(C(=O)NCCc2cccc(OCC(F)(F)F)c2)C1. The van der Waals surface area contributed by atoms with E-state index in [1.807, 2.05) is 0 Å². The molecule has 1 atom stereocenters. The summed E-state index contributed by atoms with van der Waals surface area (Å²) in [5.41, 5.74) is 0.727. The van der Waals surface area contributed by atoms with Crippen molar-refractivity contribution in [2.24, 2.45) is 5.92 Å². The van der Waals surface area contributed by atoms with E-state index in [-0.39, 0.29) is 24.9 Å². The molecule has 1 aliphatic heterocycles. The summed E-state index contributed by atoms with van der Waals surface area (Å²) < 4.78 is 41.1. The Morgan fingerprint density at radius 2 is 2.12 bits per heavy atom. The number of alkyl halides is 3. The Kier molecular flexibility index (Phi) is 6.11. The zero-order valence-electron chi connectivity index (χ0n) is 13.4. The number of halogens is 3. The minimum absolute atomic E-state index is 0.116. The molecule has 1 unspecified atom stereocenters. The molecule has 0 aliphatic carbocycles. The third-order valence-corrected chi connectivity index (χ3v) is 3.82. The van der Waals surface area contributed by atoms with E-state index in [0.717, 1.165) is 5.56 Å². The van der Waals surface area contributed by atoms with Crippen molar-refractivity contribution in [1.82, 2.24) is 10.2 Å². The number of rotatable bonds is 6. The summed E-state index contributed by atoms with van der Waals surface area (Å²) in [6, 6.07) is 5.90. The first-order valence-electron chi connectivity index (χ1n) is 7.78. The molecule has 6 nitrogen and oxygen atoms in total. The molecule has 138 valence electrons. The highest BCUT2D eigenvalue weighted by Crippen LogP contribution is 2.19. The van der Waals surface area contributed by atoms with Crippen molar-refractivity contribution in [3.05, 3.63) is 29.8 Å². The van der Waals surface area contributed by atoms with Crippen LogP contribution in [0.5, 0.6) is 5.75 Å². The normalized spacial score (nSPS) is 17.4. The minimum Gasteiger partial charge on any atom is -0.484 e. The number of carboxylic acids is 1. The Morgan fingerprint density at radius 1 is 1.36 bits per heavy atom. The van der Waals surface area contributed by atoms with E-state index in [0.29, 0.717) is 19.4 Å². The number of likely N-dealkylation sites (tertiary alicyclic amines) is 1. The highest BCUT2D eigenvalue weighted by atomic mass is 19.4. The van der Waals surface area contributed by atoms with Gasteiger partial charge in [-0.25, -0.2) is 4.79 Å². The number of aliphatic carboxylic acids is 1. The Bertz CT molecular complexity index is 622. The topological polar surface area (TPSA) is 78.9 Å². The molecular formula is C16H19F3N2O4. The maximum absolute atomic E-state index is 12.1. The van der Waals surface area contributed by atoms with Gasteiger partial charge in [0.1, 0.15) is 5.75 Å². The van der Waals surface area contributed by atoms with Gasteiger partial charge in [-0.05, 0) is 30.5 Å². The molecule has 1 saturated heterocycles. The molecule has 25 heavy (non-hydrogen) atoms. The third-order valence-electron chi connectivity index (χ3n) is 3.82. The van der Waals surface area contributed by atoms with E-state index in [2.05, 4.69) is 10.1 Å². The molecule has 2 amide bonds. The van der Waals surface area contributed by atoms with Gasteiger partial charge >= 0.3 is 18.2 Å². The fourth-order valence-corrected chi connectivity index (χ4v) is 2.53. The fraction of sp³-hybridized carbons (Fsp3) is 0.500. The van der Waals surface area contributed by atoms with Crippen molar-refractivity contribution in [2.75, 3.05) is 26.2 Å². The van der Waals surface area contributed by atoms with Crippen LogP contribution in [-0.4, -0.2) is 54.4 Å². The lowest BCUT2D eigenvalue weighted by atomic mass is 10.1. The lowest BCUT2D eigenvalue weighted by Gasteiger charge is -2.16. The molecule has 1 aliphatic rings. The third kappa shape index (κ3) is 6.17. The molecule has 1 fully saturated rings. The second-order valence-electron chi connectivity index (χ2n) is 5.80. The minimum atomic E-state index is -4.40. The fourth-order valence-electron chi connectivity index (χ4n) is 2.53. The second-order valence-corrected chi connectivity index (χ2v) is 5.80. The van der Waals surface area contributed by atoms with E-state index < -0.39 is 24.7 Å². The quantitative estimate of drug-likeness (QED) is 0.816. The van der Waals surface area contributed by atoms with Gasteiger partial charge in [0.2, 0.25) is 0 Å². The second kappa shape index (κ2) is 8.09. The van der Waals surface area contributed by atoms with E-state index in [1.165, 1.54) is 17.0 Å². The molecule has 1 aromatic carbocycles. The highest BCUT2D eigenvalue weighted by molar-refractivity contribution is 5.77. The monoisotopic (exact) mass is 360 g/mol. The van der Waals surface area contributed by atoms with Gasteiger partial charge in [-0.1, -0.05) is 12.1 Å². The van der Waals surface area contributed by atoms with Crippen LogP contribution in [-0.2, 0) is 11.2 Å². The van der Waals surface area contributed by atoms with Gasteiger partial charge in [-0.15, -0.1) is 0 Å². The standard InChI is InChI=1S/C16H19F3N2O4/c17-16(18,19)10-25-13-3-1-2-11(8-13)4-6-20-15(24)21-7-5-12(9-21)14(22)23/h1-3,8,12H,4-7,9-10H2,(H,20,24)(H,22,23). The Hall–Kier alpha value is -2.45. The lowest BCUT2D eigenvalue weighted by molar-refractivity contribution is -0.153. The molecule has 0 bridgehead atoms. The van der Waals surface area contributed by atoms with Gasteiger partial charge in [0, 0.05) is 19.6 Å². The molecule has 0 aromatic heterocycles. The Labute approximate surface area is 142 Å². The summed E-state index contributed by atoms with van der Waals surface area (Å²) in [5, 5.41) is 11.6. The summed E-state index contributed by atoms with van der Waals surface area (Å²) in [6.45, 7) is -0.492. The van der Waals surface area contributed by atoms with E-state index >= 15 is 0 Å². The van der Waals surface area contributed by atoms with Crippen molar-refractivity contribution in [2.45, 2.75) is 19.0 Å². The molecule has 1 aromatic rings. The summed E-state index contributed by atoms with van der Waals surface area (Å²) in [7, 11) is 0. The number of hydrogen-bond acceptors (Lipinski definition) is 3. The van der Waals surface area contributed by atoms with Crippen LogP contribution in [0, 0.1) is 5.92 Å². The van der Waals surface area contributed by atoms with Crippen LogP contribution in [0.4, 0.5) is 18.0 Å². The predicted octanol–water partition coefficient (Wildman–Crippen LogP) is 2.29. The number of carbonyl (C=O) groups is 2. The number of nitrogens with zero attached hydrogens (tertiary/aromatic N) is 1. The summed E-state index contributed by atoms with van der Waals surface area (Å²) in [4.78, 5) is 24.3. The maximum atomic E-state index is 12.1. The first kappa shape index (κ1) is 18.9. The smallest absolute Gasteiger partial charge is 0.422 e. The molecule has 2 rings (SSSR count). The van der Waals surface area contributed by atoms with Gasteiger partial charge < -0.3 is 20.1 Å². The van der Waals surface area contributed by atoms with Crippen molar-refractivity contribution in [3.8, 4) is 5.75 Å². The molecule has 0 saturated carbocycles. The van der Waals surface area contributed by atoms with Gasteiger partial charge in [0.05, 0.1) is 5.92 Å². The van der Waals surface area contributed by atoms with Crippen molar-refractivity contribution < 1.29 is 32.6 Å². The average molecular weight is 360 g/mol.